The third kappa shape index (κ3) is 3.14. The fourth-order valence-electron chi connectivity index (χ4n) is 1.62. The van der Waals surface area contributed by atoms with Crippen molar-refractivity contribution in [1.29, 1.82) is 0 Å². The van der Waals surface area contributed by atoms with Crippen LogP contribution < -0.4 is 0 Å². The van der Waals surface area contributed by atoms with Crippen LogP contribution in [0.2, 0.25) is 0 Å². The lowest BCUT2D eigenvalue weighted by Gasteiger charge is -2.27. The van der Waals surface area contributed by atoms with Gasteiger partial charge in [-0.3, -0.25) is 9.59 Å². The standard InChI is InChI=1S/C9H15NO3/c1-10-4-2-7(3-5-10)8(11)6-9(12)13/h7H,2-6H2,1H3,(H,12,13). The highest BCUT2D eigenvalue weighted by molar-refractivity contribution is 5.96. The number of carbonyl (C=O) groups is 2. The van der Waals surface area contributed by atoms with Crippen LogP contribution in [0.5, 0.6) is 0 Å². The second-order valence-electron chi connectivity index (χ2n) is 3.61. The molecular formula is C9H15NO3. The Balaban J connectivity index is 2.36. The van der Waals surface area contributed by atoms with E-state index in [1.165, 1.54) is 0 Å². The van der Waals surface area contributed by atoms with E-state index in [0.29, 0.717) is 0 Å². The van der Waals surface area contributed by atoms with Crippen LogP contribution in [0.3, 0.4) is 0 Å². The van der Waals surface area contributed by atoms with Gasteiger partial charge in [0.25, 0.3) is 0 Å². The smallest absolute Gasteiger partial charge is 0.310 e. The summed E-state index contributed by atoms with van der Waals surface area (Å²) in [7, 11) is 2.01. The van der Waals surface area contributed by atoms with Gasteiger partial charge < -0.3 is 10.0 Å². The minimum Gasteiger partial charge on any atom is -0.481 e. The zero-order chi connectivity index (χ0) is 9.84. The highest BCUT2D eigenvalue weighted by atomic mass is 16.4. The molecular weight excluding hydrogens is 170 g/mol. The Bertz CT molecular complexity index is 207. The second kappa shape index (κ2) is 4.37. The molecule has 1 aliphatic rings. The van der Waals surface area contributed by atoms with E-state index in [1.54, 1.807) is 0 Å². The van der Waals surface area contributed by atoms with Crippen LogP contribution in [-0.2, 0) is 9.59 Å². The van der Waals surface area contributed by atoms with Crippen LogP contribution in [0.1, 0.15) is 19.3 Å². The van der Waals surface area contributed by atoms with Gasteiger partial charge in [0.2, 0.25) is 0 Å². The zero-order valence-electron chi connectivity index (χ0n) is 7.82. The summed E-state index contributed by atoms with van der Waals surface area (Å²) in [5, 5.41) is 8.44. The van der Waals surface area contributed by atoms with Gasteiger partial charge in [0, 0.05) is 5.92 Å². The molecule has 0 spiro atoms. The van der Waals surface area contributed by atoms with Crippen molar-refractivity contribution in [1.82, 2.24) is 4.90 Å². The molecule has 1 fully saturated rings. The van der Waals surface area contributed by atoms with E-state index in [2.05, 4.69) is 4.90 Å². The second-order valence-corrected chi connectivity index (χ2v) is 3.61. The van der Waals surface area contributed by atoms with Crippen LogP contribution in [0.25, 0.3) is 0 Å². The van der Waals surface area contributed by atoms with E-state index in [9.17, 15) is 9.59 Å². The summed E-state index contributed by atoms with van der Waals surface area (Å²) >= 11 is 0. The Morgan fingerprint density at radius 1 is 1.38 bits per heavy atom. The minimum atomic E-state index is -1.01. The van der Waals surface area contributed by atoms with Crippen molar-refractivity contribution in [2.24, 2.45) is 5.92 Å². The number of nitrogens with zero attached hydrogens (tertiary/aromatic N) is 1. The predicted octanol–water partition coefficient (Wildman–Crippen LogP) is 0.372. The van der Waals surface area contributed by atoms with Gasteiger partial charge in [-0.25, -0.2) is 0 Å². The maximum atomic E-state index is 11.3. The molecule has 0 aromatic heterocycles. The normalized spacial score (nSPS) is 20.1. The number of carbonyl (C=O) groups excluding carboxylic acids is 1. The third-order valence-corrected chi connectivity index (χ3v) is 2.50. The average Bonchev–Trinajstić information content (AvgIpc) is 2.04. The maximum absolute atomic E-state index is 11.3. The van der Waals surface area contributed by atoms with Crippen molar-refractivity contribution in [3.63, 3.8) is 0 Å². The van der Waals surface area contributed by atoms with Gasteiger partial charge in [-0.2, -0.15) is 0 Å². The van der Waals surface area contributed by atoms with E-state index in [1.807, 2.05) is 7.05 Å². The van der Waals surface area contributed by atoms with Crippen LogP contribution in [0, 0.1) is 5.92 Å². The minimum absolute atomic E-state index is 0.0210. The highest BCUT2D eigenvalue weighted by Crippen LogP contribution is 2.17. The molecule has 1 saturated heterocycles. The predicted molar refractivity (Wildman–Crippen MR) is 47.5 cm³/mol. The lowest BCUT2D eigenvalue weighted by atomic mass is 9.91. The quantitative estimate of drug-likeness (QED) is 0.645. The van der Waals surface area contributed by atoms with Gasteiger partial charge >= 0.3 is 5.97 Å². The van der Waals surface area contributed by atoms with Crippen LogP contribution >= 0.6 is 0 Å². The molecule has 0 unspecified atom stereocenters. The maximum Gasteiger partial charge on any atom is 0.310 e. The number of rotatable bonds is 3. The number of carboxylic acid groups (broad SMARTS) is 1. The summed E-state index contributed by atoms with van der Waals surface area (Å²) < 4.78 is 0. The molecule has 0 aromatic carbocycles. The molecule has 0 amide bonds. The molecule has 1 rings (SSSR count). The molecule has 4 nitrogen and oxygen atoms in total. The summed E-state index contributed by atoms with van der Waals surface area (Å²) in [6.45, 7) is 1.80. The number of piperidine rings is 1. The topological polar surface area (TPSA) is 57.6 Å². The fraction of sp³-hybridized carbons (Fsp3) is 0.778. The number of carboxylic acids is 1. The van der Waals surface area contributed by atoms with Gasteiger partial charge in [-0.15, -0.1) is 0 Å². The first-order valence-corrected chi connectivity index (χ1v) is 4.52. The molecule has 1 aliphatic heterocycles. The van der Waals surface area contributed by atoms with Crippen molar-refractivity contribution >= 4 is 11.8 Å². The molecule has 13 heavy (non-hydrogen) atoms. The molecule has 74 valence electrons. The van der Waals surface area contributed by atoms with Crippen molar-refractivity contribution in [2.45, 2.75) is 19.3 Å². The lowest BCUT2D eigenvalue weighted by Crippen LogP contribution is -2.34. The van der Waals surface area contributed by atoms with Crippen LogP contribution in [-0.4, -0.2) is 41.9 Å². The Hall–Kier alpha value is -0.900. The molecule has 0 aliphatic carbocycles. The molecule has 4 heteroatoms. The molecule has 0 radical (unpaired) electrons. The lowest BCUT2D eigenvalue weighted by molar-refractivity contribution is -0.141. The SMILES string of the molecule is CN1CCC(C(=O)CC(=O)O)CC1. The summed E-state index contributed by atoms with van der Waals surface area (Å²) in [6.07, 6.45) is 1.31. The number of ketones is 1. The molecule has 0 saturated carbocycles. The molecule has 1 N–H and O–H groups in total. The van der Waals surface area contributed by atoms with Crippen molar-refractivity contribution in [2.75, 3.05) is 20.1 Å². The largest absolute Gasteiger partial charge is 0.481 e. The molecule has 0 atom stereocenters. The van der Waals surface area contributed by atoms with Gasteiger partial charge in [0.05, 0.1) is 0 Å². The Morgan fingerprint density at radius 3 is 2.38 bits per heavy atom. The van der Waals surface area contributed by atoms with E-state index in [-0.39, 0.29) is 18.1 Å². The van der Waals surface area contributed by atoms with Gasteiger partial charge in [-0.1, -0.05) is 0 Å². The average molecular weight is 185 g/mol. The molecule has 0 bridgehead atoms. The first-order chi connectivity index (χ1) is 6.09. The number of hydrogen-bond donors (Lipinski definition) is 1. The Morgan fingerprint density at radius 2 is 1.92 bits per heavy atom. The summed E-state index contributed by atoms with van der Waals surface area (Å²) in [5.74, 6) is -1.14. The van der Waals surface area contributed by atoms with Crippen LogP contribution in [0.15, 0.2) is 0 Å². The first kappa shape index (κ1) is 10.2. The Kier molecular flexibility index (Phi) is 3.42. The highest BCUT2D eigenvalue weighted by Gasteiger charge is 2.24. The number of aliphatic carboxylic acids is 1. The molecule has 1 heterocycles. The molecule has 0 aromatic rings. The van der Waals surface area contributed by atoms with E-state index >= 15 is 0 Å². The van der Waals surface area contributed by atoms with Gasteiger partial charge in [-0.05, 0) is 33.0 Å². The summed E-state index contributed by atoms with van der Waals surface area (Å²) in [4.78, 5) is 23.8. The zero-order valence-corrected chi connectivity index (χ0v) is 7.82. The van der Waals surface area contributed by atoms with Crippen molar-refractivity contribution < 1.29 is 14.7 Å². The number of Topliss-reactive ketones (excluding diaryl/α,β-unsaturated/α-hetero) is 1. The van der Waals surface area contributed by atoms with Gasteiger partial charge in [0.15, 0.2) is 0 Å². The third-order valence-electron chi connectivity index (χ3n) is 2.50. The Labute approximate surface area is 77.5 Å². The number of hydrogen-bond acceptors (Lipinski definition) is 3. The monoisotopic (exact) mass is 185 g/mol. The number of likely N-dealkylation sites (tertiary alicyclic amines) is 1. The fourth-order valence-corrected chi connectivity index (χ4v) is 1.62. The van der Waals surface area contributed by atoms with Crippen molar-refractivity contribution in [3.8, 4) is 0 Å². The summed E-state index contributed by atoms with van der Waals surface area (Å²) in [6, 6.07) is 0. The summed E-state index contributed by atoms with van der Waals surface area (Å²) in [5.41, 5.74) is 0. The van der Waals surface area contributed by atoms with Crippen molar-refractivity contribution in [3.05, 3.63) is 0 Å². The first-order valence-electron chi connectivity index (χ1n) is 4.52. The van der Waals surface area contributed by atoms with E-state index in [4.69, 9.17) is 5.11 Å². The van der Waals surface area contributed by atoms with Gasteiger partial charge in [0.1, 0.15) is 12.2 Å². The van der Waals surface area contributed by atoms with E-state index < -0.39 is 5.97 Å². The van der Waals surface area contributed by atoms with E-state index in [0.717, 1.165) is 25.9 Å². The van der Waals surface area contributed by atoms with Crippen LogP contribution in [0.4, 0.5) is 0 Å².